The quantitative estimate of drug-likeness (QED) is 0.706. The Morgan fingerprint density at radius 2 is 1.95 bits per heavy atom. The molecule has 1 aliphatic heterocycles. The first kappa shape index (κ1) is 13.9. The zero-order chi connectivity index (χ0) is 14.1. The van der Waals surface area contributed by atoms with Crippen LogP contribution in [0, 0.1) is 9.39 Å². The van der Waals surface area contributed by atoms with Crippen molar-refractivity contribution in [3.63, 3.8) is 0 Å². The van der Waals surface area contributed by atoms with E-state index in [0.29, 0.717) is 5.75 Å². The molecule has 0 radical (unpaired) electrons. The van der Waals surface area contributed by atoms with Gasteiger partial charge in [-0.25, -0.2) is 4.39 Å². The predicted octanol–water partition coefficient (Wildman–Crippen LogP) is 4.21. The van der Waals surface area contributed by atoms with E-state index in [0.717, 1.165) is 14.8 Å². The standard InChI is InChI=1S/C15H11FINOS/c16-11-3-1-2-10(8-11)15-18(14(19)9-20-15)13-6-4-12(17)5-7-13/h1-8,15H,9H2/t15-/m0/s1. The van der Waals surface area contributed by atoms with Crippen LogP contribution in [0.1, 0.15) is 10.9 Å². The molecule has 2 aromatic carbocycles. The van der Waals surface area contributed by atoms with E-state index in [4.69, 9.17) is 0 Å². The number of amides is 1. The highest BCUT2D eigenvalue weighted by atomic mass is 127. The first-order valence-electron chi connectivity index (χ1n) is 6.10. The van der Waals surface area contributed by atoms with Gasteiger partial charge in [-0.3, -0.25) is 9.69 Å². The fraction of sp³-hybridized carbons (Fsp3) is 0.133. The highest BCUT2D eigenvalue weighted by molar-refractivity contribution is 14.1. The molecule has 1 amide bonds. The van der Waals surface area contributed by atoms with Crippen molar-refractivity contribution in [1.29, 1.82) is 0 Å². The Morgan fingerprint density at radius 1 is 1.20 bits per heavy atom. The summed E-state index contributed by atoms with van der Waals surface area (Å²) in [5, 5.41) is -0.154. The Labute approximate surface area is 134 Å². The number of hydrogen-bond donors (Lipinski definition) is 0. The van der Waals surface area contributed by atoms with Crippen LogP contribution in [0.2, 0.25) is 0 Å². The van der Waals surface area contributed by atoms with Gasteiger partial charge in [-0.2, -0.15) is 0 Å². The number of halogens is 2. The molecule has 0 bridgehead atoms. The summed E-state index contributed by atoms with van der Waals surface area (Å²) in [6, 6.07) is 14.2. The lowest BCUT2D eigenvalue weighted by Gasteiger charge is -2.24. The molecule has 0 spiro atoms. The van der Waals surface area contributed by atoms with E-state index < -0.39 is 0 Å². The second kappa shape index (κ2) is 5.73. The fourth-order valence-electron chi connectivity index (χ4n) is 2.21. The molecule has 2 aromatic rings. The van der Waals surface area contributed by atoms with Crippen molar-refractivity contribution in [1.82, 2.24) is 0 Å². The number of nitrogens with zero attached hydrogens (tertiary/aromatic N) is 1. The fourth-order valence-corrected chi connectivity index (χ4v) is 3.74. The molecular weight excluding hydrogens is 388 g/mol. The van der Waals surface area contributed by atoms with Crippen molar-refractivity contribution < 1.29 is 9.18 Å². The zero-order valence-electron chi connectivity index (χ0n) is 10.4. The van der Waals surface area contributed by atoms with Gasteiger partial charge in [-0.05, 0) is 64.6 Å². The van der Waals surface area contributed by atoms with E-state index >= 15 is 0 Å². The second-order valence-corrected chi connectivity index (χ2v) is 6.77. The minimum absolute atomic E-state index is 0.0606. The van der Waals surface area contributed by atoms with Crippen LogP contribution >= 0.6 is 34.4 Å². The molecule has 1 heterocycles. The molecular formula is C15H11FINOS. The normalized spacial score (nSPS) is 18.6. The van der Waals surface area contributed by atoms with Gasteiger partial charge in [0.05, 0.1) is 5.75 Å². The van der Waals surface area contributed by atoms with Gasteiger partial charge in [0, 0.05) is 9.26 Å². The number of benzene rings is 2. The summed E-state index contributed by atoms with van der Waals surface area (Å²) >= 11 is 3.76. The first-order chi connectivity index (χ1) is 9.65. The molecule has 1 atom stereocenters. The molecule has 3 rings (SSSR count). The zero-order valence-corrected chi connectivity index (χ0v) is 13.4. The van der Waals surface area contributed by atoms with Crippen LogP contribution in [0.3, 0.4) is 0 Å². The Kier molecular flexibility index (Phi) is 3.98. The Morgan fingerprint density at radius 3 is 2.65 bits per heavy atom. The van der Waals surface area contributed by atoms with E-state index in [1.165, 1.54) is 23.9 Å². The molecule has 102 valence electrons. The van der Waals surface area contributed by atoms with Gasteiger partial charge in [-0.1, -0.05) is 12.1 Å². The minimum Gasteiger partial charge on any atom is -0.295 e. The van der Waals surface area contributed by atoms with E-state index in [2.05, 4.69) is 22.6 Å². The predicted molar refractivity (Wildman–Crippen MR) is 88.2 cm³/mol. The highest BCUT2D eigenvalue weighted by Crippen LogP contribution is 2.41. The van der Waals surface area contributed by atoms with Crippen molar-refractivity contribution in [2.45, 2.75) is 5.37 Å². The molecule has 1 aliphatic rings. The van der Waals surface area contributed by atoms with Gasteiger partial charge in [0.2, 0.25) is 5.91 Å². The number of hydrogen-bond acceptors (Lipinski definition) is 2. The number of thioether (sulfide) groups is 1. The Hall–Kier alpha value is -1.08. The van der Waals surface area contributed by atoms with E-state index in [1.54, 1.807) is 11.0 Å². The molecule has 5 heteroatoms. The van der Waals surface area contributed by atoms with Gasteiger partial charge >= 0.3 is 0 Å². The summed E-state index contributed by atoms with van der Waals surface area (Å²) in [5.41, 5.74) is 1.68. The minimum atomic E-state index is -0.273. The summed E-state index contributed by atoms with van der Waals surface area (Å²) in [6.07, 6.45) is 0. The van der Waals surface area contributed by atoms with Crippen LogP contribution < -0.4 is 4.90 Å². The van der Waals surface area contributed by atoms with E-state index in [9.17, 15) is 9.18 Å². The van der Waals surface area contributed by atoms with Crippen molar-refractivity contribution in [3.05, 3.63) is 63.5 Å². The maximum absolute atomic E-state index is 13.4. The molecule has 1 fully saturated rings. The third-order valence-corrected chi connectivity index (χ3v) is 5.04. The lowest BCUT2D eigenvalue weighted by Crippen LogP contribution is -2.27. The number of carbonyl (C=O) groups is 1. The molecule has 0 saturated carbocycles. The number of anilines is 1. The summed E-state index contributed by atoms with van der Waals surface area (Å²) in [7, 11) is 0. The third-order valence-electron chi connectivity index (χ3n) is 3.11. The molecule has 0 unspecified atom stereocenters. The molecule has 1 saturated heterocycles. The number of carbonyl (C=O) groups excluding carboxylic acids is 1. The van der Waals surface area contributed by atoms with Gasteiger partial charge in [0.1, 0.15) is 11.2 Å². The monoisotopic (exact) mass is 399 g/mol. The van der Waals surface area contributed by atoms with Crippen molar-refractivity contribution in [2.75, 3.05) is 10.7 Å². The van der Waals surface area contributed by atoms with Crippen molar-refractivity contribution in [3.8, 4) is 0 Å². The average molecular weight is 399 g/mol. The maximum atomic E-state index is 13.4. The largest absolute Gasteiger partial charge is 0.295 e. The summed E-state index contributed by atoms with van der Waals surface area (Å²) in [4.78, 5) is 13.9. The topological polar surface area (TPSA) is 20.3 Å². The molecule has 2 nitrogen and oxygen atoms in total. The smallest absolute Gasteiger partial charge is 0.238 e. The Bertz CT molecular complexity index is 647. The first-order valence-corrected chi connectivity index (χ1v) is 8.22. The lowest BCUT2D eigenvalue weighted by molar-refractivity contribution is -0.115. The molecule has 0 aromatic heterocycles. The van der Waals surface area contributed by atoms with Gasteiger partial charge in [-0.15, -0.1) is 11.8 Å². The summed E-state index contributed by atoms with van der Waals surface area (Å²) in [5.74, 6) is 0.211. The van der Waals surface area contributed by atoms with Crippen molar-refractivity contribution in [2.24, 2.45) is 0 Å². The third kappa shape index (κ3) is 2.69. The van der Waals surface area contributed by atoms with Gasteiger partial charge in [0.15, 0.2) is 0 Å². The van der Waals surface area contributed by atoms with Crippen LogP contribution in [0.5, 0.6) is 0 Å². The van der Waals surface area contributed by atoms with E-state index in [1.807, 2.05) is 30.3 Å². The van der Waals surface area contributed by atoms with Gasteiger partial charge in [0.25, 0.3) is 0 Å². The SMILES string of the molecule is O=C1CS[C@@H](c2cccc(F)c2)N1c1ccc(I)cc1. The van der Waals surface area contributed by atoms with Gasteiger partial charge < -0.3 is 0 Å². The lowest BCUT2D eigenvalue weighted by atomic mass is 10.2. The van der Waals surface area contributed by atoms with E-state index in [-0.39, 0.29) is 17.1 Å². The van der Waals surface area contributed by atoms with Crippen LogP contribution in [0.4, 0.5) is 10.1 Å². The number of rotatable bonds is 2. The Balaban J connectivity index is 1.98. The molecule has 0 aliphatic carbocycles. The molecule has 0 N–H and O–H groups in total. The van der Waals surface area contributed by atoms with Crippen LogP contribution in [0.25, 0.3) is 0 Å². The van der Waals surface area contributed by atoms with Crippen LogP contribution in [-0.2, 0) is 4.79 Å². The summed E-state index contributed by atoms with van der Waals surface area (Å²) in [6.45, 7) is 0. The maximum Gasteiger partial charge on any atom is 0.238 e. The second-order valence-electron chi connectivity index (χ2n) is 4.46. The summed E-state index contributed by atoms with van der Waals surface area (Å²) < 4.78 is 14.5. The highest BCUT2D eigenvalue weighted by Gasteiger charge is 2.34. The van der Waals surface area contributed by atoms with Crippen molar-refractivity contribution >= 4 is 45.9 Å². The van der Waals surface area contributed by atoms with Crippen LogP contribution in [-0.4, -0.2) is 11.7 Å². The average Bonchev–Trinajstić information content (AvgIpc) is 2.82. The molecule has 20 heavy (non-hydrogen) atoms. The van der Waals surface area contributed by atoms with Crippen LogP contribution in [0.15, 0.2) is 48.5 Å².